The smallest absolute Gasteiger partial charge is 0.246 e. The standard InChI is InChI=1S/C22H20ClN3O3S/c23-17-8-10-19(11-9-17)30(28,29)22(12-4-5-13-22)21(27)26-18-14-24-20(25-15-18)16-6-2-1-3-7-16/h1-3,6-11,14-15H,4-5,12-13H2,(H,26,27). The SMILES string of the molecule is O=C(Nc1cnc(-c2ccccc2)nc1)C1(S(=O)(=O)c2ccc(Cl)cc2)CCCC1. The number of nitrogens with one attached hydrogen (secondary N) is 1. The monoisotopic (exact) mass is 441 g/mol. The number of carbonyl (C=O) groups excluding carboxylic acids is 1. The summed E-state index contributed by atoms with van der Waals surface area (Å²) < 4.78 is 25.3. The Kier molecular flexibility index (Phi) is 5.58. The minimum atomic E-state index is -3.90. The number of amides is 1. The quantitative estimate of drug-likeness (QED) is 0.628. The van der Waals surface area contributed by atoms with E-state index in [4.69, 9.17) is 11.6 Å². The molecule has 0 saturated heterocycles. The van der Waals surface area contributed by atoms with Crippen molar-refractivity contribution in [1.82, 2.24) is 9.97 Å². The van der Waals surface area contributed by atoms with Crippen molar-refractivity contribution < 1.29 is 13.2 Å². The van der Waals surface area contributed by atoms with Gasteiger partial charge in [0.1, 0.15) is 0 Å². The Bertz CT molecular complexity index is 1140. The maximum absolute atomic E-state index is 13.4. The van der Waals surface area contributed by atoms with Crippen LogP contribution >= 0.6 is 11.6 Å². The first-order chi connectivity index (χ1) is 14.4. The van der Waals surface area contributed by atoms with Crippen LogP contribution in [0.5, 0.6) is 0 Å². The number of anilines is 1. The van der Waals surface area contributed by atoms with Crippen molar-refractivity contribution >= 4 is 33.0 Å². The summed E-state index contributed by atoms with van der Waals surface area (Å²) >= 11 is 5.89. The number of hydrogen-bond acceptors (Lipinski definition) is 5. The largest absolute Gasteiger partial charge is 0.322 e. The van der Waals surface area contributed by atoms with Gasteiger partial charge in [0.05, 0.1) is 23.0 Å². The number of hydrogen-bond donors (Lipinski definition) is 1. The van der Waals surface area contributed by atoms with E-state index in [2.05, 4.69) is 15.3 Å². The maximum atomic E-state index is 13.4. The zero-order valence-electron chi connectivity index (χ0n) is 16.1. The van der Waals surface area contributed by atoms with Crippen LogP contribution in [0.2, 0.25) is 5.02 Å². The molecule has 0 bridgehead atoms. The molecular formula is C22H20ClN3O3S. The fraction of sp³-hybridized carbons (Fsp3) is 0.227. The molecule has 0 radical (unpaired) electrons. The minimum absolute atomic E-state index is 0.0969. The van der Waals surface area contributed by atoms with E-state index >= 15 is 0 Å². The van der Waals surface area contributed by atoms with E-state index in [0.29, 0.717) is 29.4 Å². The number of halogens is 1. The third-order valence-corrected chi connectivity index (χ3v) is 8.17. The van der Waals surface area contributed by atoms with Crippen LogP contribution < -0.4 is 5.32 Å². The molecule has 0 aliphatic heterocycles. The van der Waals surface area contributed by atoms with Gasteiger partial charge >= 0.3 is 0 Å². The molecule has 154 valence electrons. The Morgan fingerprint density at radius 3 is 2.13 bits per heavy atom. The van der Waals surface area contributed by atoms with Crippen LogP contribution in [0.3, 0.4) is 0 Å². The first kappa shape index (κ1) is 20.5. The second-order valence-electron chi connectivity index (χ2n) is 7.27. The lowest BCUT2D eigenvalue weighted by Gasteiger charge is -2.27. The average molecular weight is 442 g/mol. The van der Waals surface area contributed by atoms with E-state index in [-0.39, 0.29) is 17.7 Å². The number of aromatic nitrogens is 2. The topological polar surface area (TPSA) is 89.0 Å². The molecule has 8 heteroatoms. The summed E-state index contributed by atoms with van der Waals surface area (Å²) in [5, 5.41) is 3.16. The number of benzene rings is 2. The summed E-state index contributed by atoms with van der Waals surface area (Å²) in [5.74, 6) is -0.0241. The highest BCUT2D eigenvalue weighted by atomic mass is 35.5. The summed E-state index contributed by atoms with van der Waals surface area (Å²) in [5.41, 5.74) is 1.21. The van der Waals surface area contributed by atoms with Gasteiger partial charge in [-0.05, 0) is 37.1 Å². The van der Waals surface area contributed by atoms with Crippen LogP contribution in [-0.2, 0) is 14.6 Å². The van der Waals surface area contributed by atoms with Crippen molar-refractivity contribution in [1.29, 1.82) is 0 Å². The van der Waals surface area contributed by atoms with Crippen molar-refractivity contribution in [2.24, 2.45) is 0 Å². The molecule has 1 aromatic heterocycles. The Labute approximate surface area is 180 Å². The van der Waals surface area contributed by atoms with Gasteiger partial charge in [0.15, 0.2) is 20.4 Å². The molecule has 1 amide bonds. The molecular weight excluding hydrogens is 422 g/mol. The van der Waals surface area contributed by atoms with Crippen LogP contribution in [0, 0.1) is 0 Å². The van der Waals surface area contributed by atoms with Gasteiger partial charge in [-0.15, -0.1) is 0 Å². The van der Waals surface area contributed by atoms with Crippen LogP contribution in [0.25, 0.3) is 11.4 Å². The number of rotatable bonds is 5. The minimum Gasteiger partial charge on any atom is -0.322 e. The molecule has 1 aliphatic rings. The highest BCUT2D eigenvalue weighted by Crippen LogP contribution is 2.41. The fourth-order valence-electron chi connectivity index (χ4n) is 3.78. The number of sulfone groups is 1. The van der Waals surface area contributed by atoms with E-state index in [1.165, 1.54) is 36.7 Å². The highest BCUT2D eigenvalue weighted by Gasteiger charge is 2.53. The molecule has 0 atom stereocenters. The summed E-state index contributed by atoms with van der Waals surface area (Å²) in [7, 11) is -3.90. The highest BCUT2D eigenvalue weighted by molar-refractivity contribution is 7.93. The Hall–Kier alpha value is -2.77. The molecule has 30 heavy (non-hydrogen) atoms. The van der Waals surface area contributed by atoms with Crippen molar-refractivity contribution in [3.63, 3.8) is 0 Å². The summed E-state index contributed by atoms with van der Waals surface area (Å²) in [6, 6.07) is 15.4. The predicted octanol–water partition coefficient (Wildman–Crippen LogP) is 4.52. The van der Waals surface area contributed by atoms with E-state index in [1.54, 1.807) is 0 Å². The molecule has 1 N–H and O–H groups in total. The molecule has 6 nitrogen and oxygen atoms in total. The number of nitrogens with zero attached hydrogens (tertiary/aromatic N) is 2. The van der Waals surface area contributed by atoms with Gasteiger partial charge in [-0.3, -0.25) is 4.79 Å². The second-order valence-corrected chi connectivity index (χ2v) is 9.97. The van der Waals surface area contributed by atoms with Crippen molar-refractivity contribution in [2.75, 3.05) is 5.32 Å². The van der Waals surface area contributed by atoms with Gasteiger partial charge in [-0.25, -0.2) is 18.4 Å². The molecule has 1 saturated carbocycles. The van der Waals surface area contributed by atoms with E-state index in [0.717, 1.165) is 5.56 Å². The Morgan fingerprint density at radius 1 is 0.933 bits per heavy atom. The van der Waals surface area contributed by atoms with Crippen LogP contribution in [-0.4, -0.2) is 29.0 Å². The second kappa shape index (κ2) is 8.16. The van der Waals surface area contributed by atoms with E-state index in [1.807, 2.05) is 30.3 Å². The van der Waals surface area contributed by atoms with Crippen LogP contribution in [0.4, 0.5) is 5.69 Å². The van der Waals surface area contributed by atoms with Crippen molar-refractivity contribution in [3.05, 3.63) is 72.0 Å². The Morgan fingerprint density at radius 2 is 1.53 bits per heavy atom. The third kappa shape index (κ3) is 3.70. The maximum Gasteiger partial charge on any atom is 0.246 e. The lowest BCUT2D eigenvalue weighted by atomic mass is 10.1. The van der Waals surface area contributed by atoms with Gasteiger partial charge in [0, 0.05) is 10.6 Å². The van der Waals surface area contributed by atoms with Gasteiger partial charge in [-0.1, -0.05) is 54.8 Å². The molecule has 3 aromatic rings. The Balaban J connectivity index is 1.60. The molecule has 2 aromatic carbocycles. The van der Waals surface area contributed by atoms with E-state index in [9.17, 15) is 13.2 Å². The first-order valence-electron chi connectivity index (χ1n) is 9.61. The summed E-state index contributed by atoms with van der Waals surface area (Å²) in [4.78, 5) is 21.9. The zero-order chi connectivity index (χ0) is 21.2. The zero-order valence-corrected chi connectivity index (χ0v) is 17.7. The van der Waals surface area contributed by atoms with E-state index < -0.39 is 20.5 Å². The molecule has 0 spiro atoms. The lowest BCUT2D eigenvalue weighted by molar-refractivity contribution is -0.118. The molecule has 1 heterocycles. The van der Waals surface area contributed by atoms with Gasteiger partial charge in [0.2, 0.25) is 5.91 Å². The molecule has 1 fully saturated rings. The summed E-state index contributed by atoms with van der Waals surface area (Å²) in [6.45, 7) is 0. The molecule has 1 aliphatic carbocycles. The van der Waals surface area contributed by atoms with Gasteiger partial charge < -0.3 is 5.32 Å². The average Bonchev–Trinajstić information content (AvgIpc) is 3.27. The van der Waals surface area contributed by atoms with Crippen LogP contribution in [0.1, 0.15) is 25.7 Å². The van der Waals surface area contributed by atoms with Crippen molar-refractivity contribution in [3.8, 4) is 11.4 Å². The summed E-state index contributed by atoms with van der Waals surface area (Å²) in [6.07, 6.45) is 4.86. The first-order valence-corrected chi connectivity index (χ1v) is 11.5. The van der Waals surface area contributed by atoms with Gasteiger partial charge in [-0.2, -0.15) is 0 Å². The number of carbonyl (C=O) groups is 1. The normalized spacial score (nSPS) is 15.6. The predicted molar refractivity (Wildman–Crippen MR) is 116 cm³/mol. The molecule has 0 unspecified atom stereocenters. The third-order valence-electron chi connectivity index (χ3n) is 5.41. The lowest BCUT2D eigenvalue weighted by Crippen LogP contribution is -2.47. The molecule has 4 rings (SSSR count). The fourth-order valence-corrected chi connectivity index (χ4v) is 5.97. The van der Waals surface area contributed by atoms with Gasteiger partial charge in [0.25, 0.3) is 0 Å². The van der Waals surface area contributed by atoms with Crippen molar-refractivity contribution in [2.45, 2.75) is 35.3 Å². The van der Waals surface area contributed by atoms with Crippen LogP contribution in [0.15, 0.2) is 71.9 Å².